The van der Waals surface area contributed by atoms with E-state index in [1.807, 2.05) is 122 Å². The summed E-state index contributed by atoms with van der Waals surface area (Å²) in [6.07, 6.45) is 1.06. The molecule has 6 nitrogen and oxygen atoms in total. The fourth-order valence-corrected chi connectivity index (χ4v) is 4.62. The predicted molar refractivity (Wildman–Crippen MR) is 159 cm³/mol. The van der Waals surface area contributed by atoms with Gasteiger partial charge in [0.2, 0.25) is 11.8 Å². The highest BCUT2D eigenvalue weighted by Crippen LogP contribution is 2.25. The van der Waals surface area contributed by atoms with Crippen molar-refractivity contribution < 1.29 is 14.3 Å². The zero-order valence-electron chi connectivity index (χ0n) is 22.8. The molecule has 0 spiro atoms. The van der Waals surface area contributed by atoms with Crippen molar-refractivity contribution in [1.29, 1.82) is 0 Å². The minimum atomic E-state index is -0.707. The standard InChI is InChI=1S/C34H37N3O3/c1-25(27-19-21-30(22-20-27)40-24-26-12-5-2-6-13-26)36-33(38)31(18-11-23-35)37-34(39)32(28-14-7-3-8-15-28)29-16-9-4-10-17-29/h2-10,12-17,19-22,25,31-32H,11,18,23-24,35H2,1H3,(H,36,38)(H,37,39)/t25?,31-/m1/s1. The van der Waals surface area contributed by atoms with E-state index in [9.17, 15) is 9.59 Å². The van der Waals surface area contributed by atoms with E-state index >= 15 is 0 Å². The van der Waals surface area contributed by atoms with E-state index < -0.39 is 12.0 Å². The van der Waals surface area contributed by atoms with Crippen LogP contribution in [0.3, 0.4) is 0 Å². The first-order valence-corrected chi connectivity index (χ1v) is 13.7. The van der Waals surface area contributed by atoms with Gasteiger partial charge < -0.3 is 21.1 Å². The summed E-state index contributed by atoms with van der Waals surface area (Å²) < 4.78 is 5.88. The first-order chi connectivity index (χ1) is 19.5. The number of nitrogens with one attached hydrogen (secondary N) is 2. The molecule has 206 valence electrons. The average Bonchev–Trinajstić information content (AvgIpc) is 3.00. The molecule has 0 aliphatic carbocycles. The second-order valence-electron chi connectivity index (χ2n) is 9.82. The maximum Gasteiger partial charge on any atom is 0.243 e. The SMILES string of the molecule is CC(NC(=O)[C@@H](CCCN)NC(=O)C(c1ccccc1)c1ccccc1)c1ccc(OCc2ccccc2)cc1. The van der Waals surface area contributed by atoms with E-state index in [2.05, 4.69) is 10.6 Å². The minimum Gasteiger partial charge on any atom is -0.489 e. The molecule has 4 aromatic rings. The molecule has 4 N–H and O–H groups in total. The zero-order valence-corrected chi connectivity index (χ0v) is 22.8. The molecule has 0 aliphatic rings. The molecule has 4 rings (SSSR count). The monoisotopic (exact) mass is 535 g/mol. The van der Waals surface area contributed by atoms with Gasteiger partial charge in [-0.25, -0.2) is 0 Å². The molecule has 2 amide bonds. The number of ether oxygens (including phenoxy) is 1. The Labute approximate surface area is 236 Å². The summed E-state index contributed by atoms with van der Waals surface area (Å²) in [5.74, 6) is -0.232. The number of hydrogen-bond donors (Lipinski definition) is 3. The van der Waals surface area contributed by atoms with Crippen LogP contribution in [-0.4, -0.2) is 24.4 Å². The first-order valence-electron chi connectivity index (χ1n) is 13.7. The van der Waals surface area contributed by atoms with Crippen molar-refractivity contribution in [2.45, 2.75) is 44.4 Å². The van der Waals surface area contributed by atoms with Gasteiger partial charge in [-0.2, -0.15) is 0 Å². The zero-order chi connectivity index (χ0) is 28.2. The van der Waals surface area contributed by atoms with Crippen molar-refractivity contribution in [3.8, 4) is 5.75 Å². The molecule has 0 saturated carbocycles. The van der Waals surface area contributed by atoms with Crippen LogP contribution >= 0.6 is 0 Å². The van der Waals surface area contributed by atoms with E-state index in [1.165, 1.54) is 0 Å². The fraction of sp³-hybridized carbons (Fsp3) is 0.235. The minimum absolute atomic E-state index is 0.220. The van der Waals surface area contributed by atoms with Crippen molar-refractivity contribution in [2.75, 3.05) is 6.54 Å². The Morgan fingerprint density at radius 3 is 1.80 bits per heavy atom. The molecule has 4 aromatic carbocycles. The maximum absolute atomic E-state index is 13.6. The van der Waals surface area contributed by atoms with E-state index in [0.29, 0.717) is 26.0 Å². The summed E-state index contributed by atoms with van der Waals surface area (Å²) in [6.45, 7) is 2.85. The molecule has 0 aromatic heterocycles. The van der Waals surface area contributed by atoms with Crippen LogP contribution in [0.1, 0.15) is 54.0 Å². The fourth-order valence-electron chi connectivity index (χ4n) is 4.62. The molecule has 0 saturated heterocycles. The van der Waals surface area contributed by atoms with E-state index in [1.54, 1.807) is 0 Å². The highest BCUT2D eigenvalue weighted by Gasteiger charge is 2.28. The average molecular weight is 536 g/mol. The van der Waals surface area contributed by atoms with Gasteiger partial charge >= 0.3 is 0 Å². The van der Waals surface area contributed by atoms with E-state index in [0.717, 1.165) is 28.0 Å². The van der Waals surface area contributed by atoms with Gasteiger partial charge in [-0.1, -0.05) is 103 Å². The largest absolute Gasteiger partial charge is 0.489 e. The molecule has 6 heteroatoms. The lowest BCUT2D eigenvalue weighted by atomic mass is 9.90. The summed E-state index contributed by atoms with van der Waals surface area (Å²) in [5, 5.41) is 6.09. The van der Waals surface area contributed by atoms with Crippen LogP contribution in [0.2, 0.25) is 0 Å². The lowest BCUT2D eigenvalue weighted by Crippen LogP contribution is -2.48. The molecule has 0 heterocycles. The van der Waals surface area contributed by atoms with Crippen molar-refractivity contribution in [3.63, 3.8) is 0 Å². The van der Waals surface area contributed by atoms with Crippen molar-refractivity contribution in [3.05, 3.63) is 138 Å². The molecule has 0 radical (unpaired) electrons. The van der Waals surface area contributed by atoms with Gasteiger partial charge in [0.05, 0.1) is 12.0 Å². The summed E-state index contributed by atoms with van der Waals surface area (Å²) in [6, 6.07) is 35.9. The van der Waals surface area contributed by atoms with Crippen molar-refractivity contribution in [2.24, 2.45) is 5.73 Å². The number of hydrogen-bond acceptors (Lipinski definition) is 4. The van der Waals surface area contributed by atoms with Crippen molar-refractivity contribution >= 4 is 11.8 Å². The van der Waals surface area contributed by atoms with Gasteiger partial charge in [0.15, 0.2) is 0 Å². The molecule has 0 bridgehead atoms. The Hall–Kier alpha value is -4.42. The molecule has 0 fully saturated rings. The molecule has 40 heavy (non-hydrogen) atoms. The second kappa shape index (κ2) is 14.7. The van der Waals surface area contributed by atoms with Gasteiger partial charge in [-0.05, 0) is 60.7 Å². The number of amides is 2. The Bertz CT molecular complexity index is 1290. The van der Waals surface area contributed by atoms with Crippen LogP contribution in [0.5, 0.6) is 5.75 Å². The van der Waals surface area contributed by atoms with Gasteiger partial charge in [0.1, 0.15) is 18.4 Å². The third-order valence-electron chi connectivity index (χ3n) is 6.85. The molecule has 2 atom stereocenters. The number of nitrogens with two attached hydrogens (primary N) is 1. The smallest absolute Gasteiger partial charge is 0.243 e. The normalized spacial score (nSPS) is 12.4. The summed E-state index contributed by atoms with van der Waals surface area (Å²) >= 11 is 0. The van der Waals surface area contributed by atoms with Gasteiger partial charge in [0, 0.05) is 0 Å². The lowest BCUT2D eigenvalue weighted by molar-refractivity contribution is -0.129. The van der Waals surface area contributed by atoms with Crippen LogP contribution in [-0.2, 0) is 16.2 Å². The number of carbonyl (C=O) groups excluding carboxylic acids is 2. The predicted octanol–water partition coefficient (Wildman–Crippen LogP) is 5.50. The highest BCUT2D eigenvalue weighted by atomic mass is 16.5. The number of rotatable bonds is 13. The van der Waals surface area contributed by atoms with Crippen LogP contribution in [0.25, 0.3) is 0 Å². The van der Waals surface area contributed by atoms with E-state index in [4.69, 9.17) is 10.5 Å². The van der Waals surface area contributed by atoms with Crippen LogP contribution in [0, 0.1) is 0 Å². The lowest BCUT2D eigenvalue weighted by Gasteiger charge is -2.25. The van der Waals surface area contributed by atoms with Crippen molar-refractivity contribution in [1.82, 2.24) is 10.6 Å². The van der Waals surface area contributed by atoms with Gasteiger partial charge in [-0.3, -0.25) is 9.59 Å². The van der Waals surface area contributed by atoms with Gasteiger partial charge in [0.25, 0.3) is 0 Å². The molecule has 1 unspecified atom stereocenters. The van der Waals surface area contributed by atoms with Gasteiger partial charge in [-0.15, -0.1) is 0 Å². The van der Waals surface area contributed by atoms with Crippen LogP contribution in [0.4, 0.5) is 0 Å². The Balaban J connectivity index is 1.42. The second-order valence-corrected chi connectivity index (χ2v) is 9.82. The number of benzene rings is 4. The van der Waals surface area contributed by atoms with Crippen LogP contribution < -0.4 is 21.1 Å². The summed E-state index contributed by atoms with van der Waals surface area (Å²) in [5.41, 5.74) is 9.53. The third kappa shape index (κ3) is 8.04. The summed E-state index contributed by atoms with van der Waals surface area (Å²) in [4.78, 5) is 27.0. The molecule has 0 aliphatic heterocycles. The van der Waals surface area contributed by atoms with Crippen LogP contribution in [0.15, 0.2) is 115 Å². The molecular formula is C34H37N3O3. The Morgan fingerprint density at radius 1 is 0.700 bits per heavy atom. The topological polar surface area (TPSA) is 93.5 Å². The van der Waals surface area contributed by atoms with E-state index in [-0.39, 0.29) is 17.9 Å². The quantitative estimate of drug-likeness (QED) is 0.211. The number of carbonyl (C=O) groups is 2. The Kier molecular flexibility index (Phi) is 10.5. The Morgan fingerprint density at radius 2 is 1.25 bits per heavy atom. The highest BCUT2D eigenvalue weighted by molar-refractivity contribution is 5.92. The molecular weight excluding hydrogens is 498 g/mol. The first kappa shape index (κ1) is 28.6. The summed E-state index contributed by atoms with van der Waals surface area (Å²) in [7, 11) is 0. The third-order valence-corrected chi connectivity index (χ3v) is 6.85. The maximum atomic E-state index is 13.6.